The molecule has 0 radical (unpaired) electrons. The van der Waals surface area contributed by atoms with Gasteiger partial charge in [-0.3, -0.25) is 4.79 Å². The molecular formula is C14H10Cl2F6N2O3. The summed E-state index contributed by atoms with van der Waals surface area (Å²) in [5, 5.41) is 11.9. The van der Waals surface area contributed by atoms with Crippen molar-refractivity contribution in [1.82, 2.24) is 5.01 Å². The molecule has 1 aromatic rings. The van der Waals surface area contributed by atoms with Gasteiger partial charge in [-0.05, 0) is 25.1 Å². The summed E-state index contributed by atoms with van der Waals surface area (Å²) in [7, 11) is 0. The molecule has 2 rings (SSSR count). The number of carbonyl (C=O) groups is 1. The molecule has 27 heavy (non-hydrogen) atoms. The number of hydrogen-bond donors (Lipinski definition) is 1. The van der Waals surface area contributed by atoms with E-state index in [4.69, 9.17) is 27.9 Å². The smallest absolute Gasteiger partial charge is 0.438 e. The summed E-state index contributed by atoms with van der Waals surface area (Å²) >= 11 is 11.5. The van der Waals surface area contributed by atoms with Gasteiger partial charge in [0.1, 0.15) is 11.5 Å². The zero-order valence-electron chi connectivity index (χ0n) is 13.2. The fraction of sp³-hybridized carbons (Fsp3) is 0.429. The number of carbonyl (C=O) groups excluding carboxylic acids is 1. The number of rotatable bonds is 3. The van der Waals surface area contributed by atoms with Crippen LogP contribution in [0.1, 0.15) is 13.3 Å². The van der Waals surface area contributed by atoms with Crippen LogP contribution in [0.2, 0.25) is 10.0 Å². The van der Waals surface area contributed by atoms with Gasteiger partial charge in [-0.2, -0.15) is 36.5 Å². The lowest BCUT2D eigenvalue weighted by Gasteiger charge is -2.33. The molecule has 150 valence electrons. The molecular weight excluding hydrogens is 429 g/mol. The molecule has 0 fully saturated rings. The number of hydrazone groups is 1. The highest BCUT2D eigenvalue weighted by atomic mass is 35.5. The molecule has 0 bridgehead atoms. The first-order valence-corrected chi connectivity index (χ1v) is 7.82. The highest BCUT2D eigenvalue weighted by Crippen LogP contribution is 2.43. The van der Waals surface area contributed by atoms with Gasteiger partial charge >= 0.3 is 12.4 Å². The van der Waals surface area contributed by atoms with Crippen molar-refractivity contribution in [3.05, 3.63) is 28.2 Å². The molecule has 1 aliphatic rings. The predicted octanol–water partition coefficient (Wildman–Crippen LogP) is 4.16. The summed E-state index contributed by atoms with van der Waals surface area (Å²) in [5.74, 6) is -1.81. The maximum Gasteiger partial charge on any atom is 0.438 e. The Labute approximate surface area is 158 Å². The molecule has 5 nitrogen and oxygen atoms in total. The van der Waals surface area contributed by atoms with Gasteiger partial charge in [-0.1, -0.05) is 23.2 Å². The van der Waals surface area contributed by atoms with Crippen LogP contribution in [0.25, 0.3) is 0 Å². The molecule has 0 aliphatic carbocycles. The Bertz CT molecular complexity index is 783. The number of amides is 1. The van der Waals surface area contributed by atoms with Crippen LogP contribution in [0.5, 0.6) is 5.75 Å². The van der Waals surface area contributed by atoms with Crippen LogP contribution in [0, 0.1) is 0 Å². The van der Waals surface area contributed by atoms with E-state index < -0.39 is 47.2 Å². The molecule has 0 saturated carbocycles. The van der Waals surface area contributed by atoms with Crippen LogP contribution in [0.3, 0.4) is 0 Å². The Kier molecular flexibility index (Phi) is 5.61. The predicted molar refractivity (Wildman–Crippen MR) is 82.5 cm³/mol. The molecule has 13 heteroatoms. The summed E-state index contributed by atoms with van der Waals surface area (Å²) < 4.78 is 82.8. The first-order valence-electron chi connectivity index (χ1n) is 7.06. The van der Waals surface area contributed by atoms with Crippen molar-refractivity contribution in [3.8, 4) is 5.75 Å². The summed E-state index contributed by atoms with van der Waals surface area (Å²) in [5.41, 5.74) is -6.11. The molecule has 0 spiro atoms. The third kappa shape index (κ3) is 4.25. The number of nitrogens with zero attached hydrogens (tertiary/aromatic N) is 2. The summed E-state index contributed by atoms with van der Waals surface area (Å²) in [6, 6.07) is 3.73. The summed E-state index contributed by atoms with van der Waals surface area (Å²) in [4.78, 5) is 12.3. The minimum Gasteiger partial charge on any atom is -0.479 e. The highest BCUT2D eigenvalue weighted by molar-refractivity contribution is 6.35. The van der Waals surface area contributed by atoms with Gasteiger partial charge in [-0.25, -0.2) is 0 Å². The van der Waals surface area contributed by atoms with Crippen LogP contribution in [0.15, 0.2) is 23.3 Å². The van der Waals surface area contributed by atoms with Gasteiger partial charge in [0.05, 0.1) is 11.4 Å². The monoisotopic (exact) mass is 438 g/mol. The molecule has 0 unspecified atom stereocenters. The van der Waals surface area contributed by atoms with Crippen molar-refractivity contribution >= 4 is 34.8 Å². The lowest BCUT2D eigenvalue weighted by molar-refractivity contribution is -0.303. The van der Waals surface area contributed by atoms with Crippen molar-refractivity contribution in [2.75, 3.05) is 0 Å². The first kappa shape index (κ1) is 21.6. The number of ether oxygens (including phenoxy) is 1. The third-order valence-corrected chi connectivity index (χ3v) is 4.05. The summed E-state index contributed by atoms with van der Waals surface area (Å²) in [6.07, 6.45) is -14.6. The second kappa shape index (κ2) is 7.02. The maximum atomic E-state index is 13.2. The van der Waals surface area contributed by atoms with E-state index in [0.717, 1.165) is 6.92 Å². The van der Waals surface area contributed by atoms with Gasteiger partial charge in [0, 0.05) is 5.02 Å². The Morgan fingerprint density at radius 2 is 1.89 bits per heavy atom. The van der Waals surface area contributed by atoms with Crippen molar-refractivity contribution in [2.45, 2.75) is 37.5 Å². The van der Waals surface area contributed by atoms with Gasteiger partial charge < -0.3 is 9.84 Å². The topological polar surface area (TPSA) is 62.1 Å². The Morgan fingerprint density at radius 1 is 1.30 bits per heavy atom. The number of hydrogen-bond acceptors (Lipinski definition) is 4. The fourth-order valence-corrected chi connectivity index (χ4v) is 2.59. The quantitative estimate of drug-likeness (QED) is 0.720. The Hall–Kier alpha value is -1.72. The third-order valence-electron chi connectivity index (χ3n) is 3.52. The lowest BCUT2D eigenvalue weighted by atomic mass is 10.1. The van der Waals surface area contributed by atoms with E-state index in [0.29, 0.717) is 0 Å². The van der Waals surface area contributed by atoms with Crippen LogP contribution < -0.4 is 4.74 Å². The van der Waals surface area contributed by atoms with E-state index in [-0.39, 0.29) is 15.8 Å². The molecule has 1 N–H and O–H groups in total. The number of benzene rings is 1. The van der Waals surface area contributed by atoms with E-state index in [1.165, 1.54) is 18.2 Å². The van der Waals surface area contributed by atoms with Crippen molar-refractivity contribution in [3.63, 3.8) is 0 Å². The van der Waals surface area contributed by atoms with Crippen LogP contribution in [-0.2, 0) is 4.79 Å². The maximum absolute atomic E-state index is 13.2. The largest absolute Gasteiger partial charge is 0.479 e. The number of halogens is 8. The van der Waals surface area contributed by atoms with Crippen molar-refractivity contribution in [2.24, 2.45) is 5.10 Å². The van der Waals surface area contributed by atoms with Gasteiger partial charge in [0.15, 0.2) is 6.10 Å². The second-order valence-electron chi connectivity index (χ2n) is 5.52. The molecule has 1 heterocycles. The van der Waals surface area contributed by atoms with E-state index in [9.17, 15) is 36.2 Å². The molecule has 1 amide bonds. The van der Waals surface area contributed by atoms with E-state index in [1.807, 2.05) is 0 Å². The lowest BCUT2D eigenvalue weighted by Crippen LogP contribution is -2.59. The normalized spacial score (nSPS) is 21.9. The fourth-order valence-electron chi connectivity index (χ4n) is 2.14. The minimum atomic E-state index is -5.60. The molecule has 1 aliphatic heterocycles. The van der Waals surface area contributed by atoms with Crippen LogP contribution >= 0.6 is 23.2 Å². The molecule has 1 aromatic carbocycles. The van der Waals surface area contributed by atoms with E-state index >= 15 is 0 Å². The minimum absolute atomic E-state index is 0.0888. The average Bonchev–Trinajstić information content (AvgIpc) is 2.88. The molecule has 2 atom stereocenters. The van der Waals surface area contributed by atoms with E-state index in [2.05, 4.69) is 5.10 Å². The Morgan fingerprint density at radius 3 is 2.37 bits per heavy atom. The van der Waals surface area contributed by atoms with Gasteiger partial charge in [0.25, 0.3) is 11.6 Å². The summed E-state index contributed by atoms with van der Waals surface area (Å²) in [6.45, 7) is 0.963. The highest BCUT2D eigenvalue weighted by Gasteiger charge is 2.66. The second-order valence-corrected chi connectivity index (χ2v) is 6.36. The zero-order valence-corrected chi connectivity index (χ0v) is 14.7. The average molecular weight is 439 g/mol. The van der Waals surface area contributed by atoms with E-state index in [1.54, 1.807) is 0 Å². The molecule has 0 aromatic heterocycles. The first-order chi connectivity index (χ1) is 12.2. The van der Waals surface area contributed by atoms with Gasteiger partial charge in [-0.15, -0.1) is 0 Å². The van der Waals surface area contributed by atoms with Gasteiger partial charge in [0.2, 0.25) is 0 Å². The molecule has 0 saturated heterocycles. The van der Waals surface area contributed by atoms with Crippen LogP contribution in [-0.4, -0.2) is 45.9 Å². The van der Waals surface area contributed by atoms with Crippen molar-refractivity contribution in [1.29, 1.82) is 0 Å². The number of aliphatic hydroxyl groups is 1. The number of alkyl halides is 6. The van der Waals surface area contributed by atoms with Crippen LogP contribution in [0.4, 0.5) is 26.3 Å². The standard InChI is InChI=1S/C14H10Cl2F6N2O3/c1-6(27-9-3-2-7(15)4-8(9)16)11(25)24-12(26,14(20,21)22)5-10(23-24)13(17,18)19/h2-4,6,26H,5H2,1H3/t6-,12+/m1/s1. The Balaban J connectivity index is 2.33. The zero-order chi connectivity index (χ0) is 20.8. The van der Waals surface area contributed by atoms with Crippen molar-refractivity contribution < 1.29 is 41.0 Å². The SMILES string of the molecule is C[C@@H](Oc1ccc(Cl)cc1Cl)C(=O)N1N=C(C(F)(F)F)C[C@]1(O)C(F)(F)F.